The Morgan fingerprint density at radius 3 is 2.76 bits per heavy atom. The Morgan fingerprint density at radius 1 is 1.38 bits per heavy atom. The minimum atomic E-state index is -0.202. The maximum absolute atomic E-state index is 11.4. The largest absolute Gasteiger partial charge is 0.469 e. The van der Waals surface area contributed by atoms with E-state index >= 15 is 0 Å². The predicted molar refractivity (Wildman–Crippen MR) is 79.5 cm³/mol. The van der Waals surface area contributed by atoms with Gasteiger partial charge in [0.25, 0.3) is 0 Å². The van der Waals surface area contributed by atoms with E-state index in [1.165, 1.54) is 7.11 Å². The van der Waals surface area contributed by atoms with Crippen LogP contribution in [0.2, 0.25) is 0 Å². The van der Waals surface area contributed by atoms with Crippen LogP contribution in [0.3, 0.4) is 0 Å². The number of rotatable bonds is 6. The van der Waals surface area contributed by atoms with Crippen molar-refractivity contribution in [3.05, 3.63) is 42.3 Å². The van der Waals surface area contributed by atoms with Crippen molar-refractivity contribution in [2.45, 2.75) is 13.5 Å². The lowest BCUT2D eigenvalue weighted by Gasteiger charge is -2.18. The SMILES string of the molecule is COC(=O)C(C)CN(C)Cc1coc(-c2ccccc2)n1. The van der Waals surface area contributed by atoms with Crippen molar-refractivity contribution < 1.29 is 13.9 Å². The van der Waals surface area contributed by atoms with Crippen LogP contribution in [0.5, 0.6) is 0 Å². The summed E-state index contributed by atoms with van der Waals surface area (Å²) in [6, 6.07) is 9.76. The zero-order chi connectivity index (χ0) is 15.2. The fraction of sp³-hybridized carbons (Fsp3) is 0.375. The number of hydrogen-bond acceptors (Lipinski definition) is 5. The number of oxazole rings is 1. The normalized spacial score (nSPS) is 12.4. The Hall–Kier alpha value is -2.14. The molecule has 0 aliphatic carbocycles. The van der Waals surface area contributed by atoms with Gasteiger partial charge in [-0.25, -0.2) is 4.98 Å². The van der Waals surface area contributed by atoms with Crippen LogP contribution in [-0.2, 0) is 16.1 Å². The van der Waals surface area contributed by atoms with Gasteiger partial charge in [-0.2, -0.15) is 0 Å². The van der Waals surface area contributed by atoms with Gasteiger partial charge in [0.15, 0.2) is 0 Å². The lowest BCUT2D eigenvalue weighted by molar-refractivity contribution is -0.145. The van der Waals surface area contributed by atoms with Crippen molar-refractivity contribution in [3.8, 4) is 11.5 Å². The molecule has 0 aliphatic heterocycles. The third kappa shape index (κ3) is 4.16. The molecule has 0 spiro atoms. The number of ether oxygens (including phenoxy) is 1. The van der Waals surface area contributed by atoms with Crippen molar-refractivity contribution in [1.29, 1.82) is 0 Å². The second-order valence-electron chi connectivity index (χ2n) is 5.13. The van der Waals surface area contributed by atoms with Crippen molar-refractivity contribution in [2.24, 2.45) is 5.92 Å². The molecule has 1 heterocycles. The molecule has 0 saturated carbocycles. The number of carbonyl (C=O) groups is 1. The molecule has 0 bridgehead atoms. The zero-order valence-electron chi connectivity index (χ0n) is 12.6. The smallest absolute Gasteiger partial charge is 0.309 e. The van der Waals surface area contributed by atoms with E-state index in [0.29, 0.717) is 19.0 Å². The van der Waals surface area contributed by atoms with Crippen LogP contribution in [0.15, 0.2) is 41.0 Å². The van der Waals surface area contributed by atoms with Crippen molar-refractivity contribution in [1.82, 2.24) is 9.88 Å². The molecule has 0 saturated heterocycles. The van der Waals surface area contributed by atoms with Crippen LogP contribution in [-0.4, -0.2) is 36.6 Å². The minimum Gasteiger partial charge on any atom is -0.469 e. The Bertz CT molecular complexity index is 580. The van der Waals surface area contributed by atoms with Crippen molar-refractivity contribution in [3.63, 3.8) is 0 Å². The Kier molecular flexibility index (Phi) is 5.11. The van der Waals surface area contributed by atoms with Gasteiger partial charge >= 0.3 is 5.97 Å². The molecule has 1 unspecified atom stereocenters. The van der Waals surface area contributed by atoms with Gasteiger partial charge < -0.3 is 9.15 Å². The molecule has 1 aromatic carbocycles. The number of hydrogen-bond donors (Lipinski definition) is 0. The van der Waals surface area contributed by atoms with Crippen molar-refractivity contribution >= 4 is 5.97 Å². The number of nitrogens with zero attached hydrogens (tertiary/aromatic N) is 2. The van der Waals surface area contributed by atoms with E-state index in [9.17, 15) is 4.79 Å². The van der Waals surface area contributed by atoms with E-state index in [1.807, 2.05) is 49.2 Å². The molecular formula is C16H20N2O3. The first-order valence-electron chi connectivity index (χ1n) is 6.86. The van der Waals surface area contributed by atoms with Gasteiger partial charge in [-0.15, -0.1) is 0 Å². The molecule has 5 heteroatoms. The Labute approximate surface area is 124 Å². The van der Waals surface area contributed by atoms with Crippen LogP contribution in [0.25, 0.3) is 11.5 Å². The van der Waals surface area contributed by atoms with Crippen LogP contribution < -0.4 is 0 Å². The summed E-state index contributed by atoms with van der Waals surface area (Å²) < 4.78 is 10.2. The molecular weight excluding hydrogens is 268 g/mol. The number of carbonyl (C=O) groups excluding carboxylic acids is 1. The van der Waals surface area contributed by atoms with Gasteiger partial charge in [-0.1, -0.05) is 25.1 Å². The summed E-state index contributed by atoms with van der Waals surface area (Å²) in [6.07, 6.45) is 1.65. The lowest BCUT2D eigenvalue weighted by atomic mass is 10.2. The van der Waals surface area contributed by atoms with Gasteiger partial charge in [0.1, 0.15) is 6.26 Å². The Morgan fingerprint density at radius 2 is 2.10 bits per heavy atom. The number of esters is 1. The maximum Gasteiger partial charge on any atom is 0.309 e. The standard InChI is InChI=1S/C16H20N2O3/c1-12(16(19)20-3)9-18(2)10-14-11-21-15(17-14)13-7-5-4-6-8-13/h4-8,11-12H,9-10H2,1-3H3. The first-order chi connectivity index (χ1) is 10.1. The van der Waals surface area contributed by atoms with Gasteiger partial charge in [0, 0.05) is 18.7 Å². The summed E-state index contributed by atoms with van der Waals surface area (Å²) in [4.78, 5) is 17.9. The van der Waals surface area contributed by atoms with Crippen LogP contribution in [0, 0.1) is 5.92 Å². The summed E-state index contributed by atoms with van der Waals surface area (Å²) in [5, 5.41) is 0. The predicted octanol–water partition coefficient (Wildman–Crippen LogP) is 2.58. The van der Waals surface area contributed by atoms with Crippen LogP contribution in [0.4, 0.5) is 0 Å². The molecule has 21 heavy (non-hydrogen) atoms. The summed E-state index contributed by atoms with van der Waals surface area (Å²) in [5.74, 6) is 0.243. The molecule has 5 nitrogen and oxygen atoms in total. The highest BCUT2D eigenvalue weighted by molar-refractivity contribution is 5.72. The van der Waals surface area contributed by atoms with E-state index in [4.69, 9.17) is 9.15 Å². The zero-order valence-corrected chi connectivity index (χ0v) is 12.6. The van der Waals surface area contributed by atoms with Gasteiger partial charge in [0.05, 0.1) is 18.7 Å². The summed E-state index contributed by atoms with van der Waals surface area (Å²) in [7, 11) is 3.35. The minimum absolute atomic E-state index is 0.166. The molecule has 2 aromatic rings. The molecule has 0 radical (unpaired) electrons. The molecule has 1 aromatic heterocycles. The molecule has 0 amide bonds. The summed E-state index contributed by atoms with van der Waals surface area (Å²) in [5.41, 5.74) is 1.79. The van der Waals surface area contributed by atoms with E-state index in [0.717, 1.165) is 11.3 Å². The average Bonchev–Trinajstić information content (AvgIpc) is 2.95. The summed E-state index contributed by atoms with van der Waals surface area (Å²) in [6.45, 7) is 3.08. The highest BCUT2D eigenvalue weighted by atomic mass is 16.5. The first kappa shape index (κ1) is 15.3. The van der Waals surface area contributed by atoms with E-state index in [1.54, 1.807) is 6.26 Å². The quantitative estimate of drug-likeness (QED) is 0.765. The molecule has 112 valence electrons. The van der Waals surface area contributed by atoms with Gasteiger partial charge in [0.2, 0.25) is 5.89 Å². The molecule has 0 aliphatic rings. The first-order valence-corrected chi connectivity index (χ1v) is 6.86. The number of aromatic nitrogens is 1. The second-order valence-corrected chi connectivity index (χ2v) is 5.13. The number of methoxy groups -OCH3 is 1. The topological polar surface area (TPSA) is 55.6 Å². The Balaban J connectivity index is 1.95. The highest BCUT2D eigenvalue weighted by Gasteiger charge is 2.16. The molecule has 0 N–H and O–H groups in total. The summed E-state index contributed by atoms with van der Waals surface area (Å²) >= 11 is 0. The maximum atomic E-state index is 11.4. The third-order valence-corrected chi connectivity index (χ3v) is 3.19. The molecule has 1 atom stereocenters. The average molecular weight is 288 g/mol. The molecule has 0 fully saturated rings. The fourth-order valence-corrected chi connectivity index (χ4v) is 2.18. The lowest BCUT2D eigenvalue weighted by Crippen LogP contribution is -2.29. The number of benzene rings is 1. The van der Waals surface area contributed by atoms with Crippen molar-refractivity contribution in [2.75, 3.05) is 20.7 Å². The molecule has 2 rings (SSSR count). The monoisotopic (exact) mass is 288 g/mol. The highest BCUT2D eigenvalue weighted by Crippen LogP contribution is 2.18. The van der Waals surface area contributed by atoms with Gasteiger partial charge in [-0.3, -0.25) is 9.69 Å². The second kappa shape index (κ2) is 7.04. The fourth-order valence-electron chi connectivity index (χ4n) is 2.18. The van der Waals surface area contributed by atoms with Crippen LogP contribution >= 0.6 is 0 Å². The third-order valence-electron chi connectivity index (χ3n) is 3.19. The van der Waals surface area contributed by atoms with E-state index in [2.05, 4.69) is 4.98 Å². The van der Waals surface area contributed by atoms with E-state index in [-0.39, 0.29) is 11.9 Å². The van der Waals surface area contributed by atoms with Crippen LogP contribution in [0.1, 0.15) is 12.6 Å². The van der Waals surface area contributed by atoms with Gasteiger partial charge in [-0.05, 0) is 19.2 Å². The van der Waals surface area contributed by atoms with E-state index < -0.39 is 0 Å².